The van der Waals surface area contributed by atoms with Crippen LogP contribution in [0, 0.1) is 6.92 Å². The van der Waals surface area contributed by atoms with Crippen LogP contribution in [0.2, 0.25) is 10.0 Å². The predicted octanol–water partition coefficient (Wildman–Crippen LogP) is 7.01. The molecule has 0 saturated heterocycles. The monoisotopic (exact) mass is 665 g/mol. The Hall–Kier alpha value is -3.85. The number of halogens is 2. The van der Waals surface area contributed by atoms with Crippen molar-refractivity contribution in [1.29, 1.82) is 0 Å². The number of hydrogen-bond acceptors (Lipinski definition) is 4. The zero-order valence-electron chi connectivity index (χ0n) is 25.7. The van der Waals surface area contributed by atoms with Crippen LogP contribution in [0.1, 0.15) is 42.0 Å². The predicted molar refractivity (Wildman–Crippen MR) is 181 cm³/mol. The van der Waals surface area contributed by atoms with Crippen molar-refractivity contribution >= 4 is 50.7 Å². The Bertz CT molecular complexity index is 1730. The Labute approximate surface area is 275 Å². The summed E-state index contributed by atoms with van der Waals surface area (Å²) in [7, 11) is -2.67. The molecule has 0 unspecified atom stereocenters. The lowest BCUT2D eigenvalue weighted by atomic mass is 10.0. The first-order chi connectivity index (χ1) is 21.4. The third kappa shape index (κ3) is 8.45. The number of nitrogens with zero attached hydrogens (tertiary/aromatic N) is 2. The molecule has 10 heteroatoms. The largest absolute Gasteiger partial charge is 0.357 e. The fourth-order valence-corrected chi connectivity index (χ4v) is 6.68. The van der Waals surface area contributed by atoms with Crippen LogP contribution < -0.4 is 9.62 Å². The molecule has 0 radical (unpaired) electrons. The lowest BCUT2D eigenvalue weighted by Gasteiger charge is -2.33. The summed E-state index contributed by atoms with van der Waals surface area (Å²) >= 11 is 12.5. The second-order valence-electron chi connectivity index (χ2n) is 11.2. The van der Waals surface area contributed by atoms with Crippen LogP contribution in [-0.4, -0.2) is 44.8 Å². The van der Waals surface area contributed by atoms with E-state index in [0.29, 0.717) is 21.3 Å². The Morgan fingerprint density at radius 3 is 2.04 bits per heavy atom. The third-order valence-electron chi connectivity index (χ3n) is 7.59. The van der Waals surface area contributed by atoms with E-state index in [2.05, 4.69) is 5.32 Å². The summed E-state index contributed by atoms with van der Waals surface area (Å²) in [5.74, 6) is -0.716. The molecule has 0 saturated carbocycles. The van der Waals surface area contributed by atoms with Crippen LogP contribution >= 0.6 is 23.2 Å². The molecule has 45 heavy (non-hydrogen) atoms. The molecule has 0 aliphatic carbocycles. The van der Waals surface area contributed by atoms with Crippen molar-refractivity contribution in [3.63, 3.8) is 0 Å². The van der Waals surface area contributed by atoms with Crippen molar-refractivity contribution in [3.05, 3.63) is 129 Å². The van der Waals surface area contributed by atoms with Crippen molar-refractivity contribution < 1.29 is 18.0 Å². The van der Waals surface area contributed by atoms with Gasteiger partial charge in [-0.2, -0.15) is 0 Å². The highest BCUT2D eigenvalue weighted by molar-refractivity contribution is 7.92. The van der Waals surface area contributed by atoms with Gasteiger partial charge in [-0.1, -0.05) is 103 Å². The number of hydrogen-bond donors (Lipinski definition) is 1. The smallest absolute Gasteiger partial charge is 0.264 e. The van der Waals surface area contributed by atoms with Gasteiger partial charge in [-0.25, -0.2) is 8.42 Å². The van der Waals surface area contributed by atoms with E-state index < -0.39 is 28.5 Å². The molecule has 4 rings (SSSR count). The first-order valence-corrected chi connectivity index (χ1v) is 16.8. The quantitative estimate of drug-likeness (QED) is 0.176. The molecule has 0 aliphatic heterocycles. The van der Waals surface area contributed by atoms with Gasteiger partial charge in [0.05, 0.1) is 20.6 Å². The minimum atomic E-state index is -4.18. The molecular weight excluding hydrogens is 629 g/mol. The van der Waals surface area contributed by atoms with Gasteiger partial charge in [-0.15, -0.1) is 0 Å². The van der Waals surface area contributed by atoms with E-state index in [1.54, 1.807) is 42.5 Å². The second kappa shape index (κ2) is 15.0. The van der Waals surface area contributed by atoms with Gasteiger partial charge in [0.25, 0.3) is 10.0 Å². The number of carbonyl (C=O) groups is 2. The fraction of sp³-hybridized carbons (Fsp3) is 0.257. The van der Waals surface area contributed by atoms with E-state index in [4.69, 9.17) is 23.2 Å². The number of anilines is 1. The maximum absolute atomic E-state index is 14.4. The second-order valence-corrected chi connectivity index (χ2v) is 13.8. The standard InChI is InChI=1S/C35H37Cl2N3O4S/c1-24(2)28-13-15-29(16-14-28)40(45(43,44)30-17-10-25(3)11-18-30)23-34(41)39(22-27-12-19-31(36)32(37)20-27)33(35(42)38-4)21-26-8-6-5-7-9-26/h5-20,24,33H,21-23H2,1-4H3,(H,38,42)/t33-/m1/s1. The normalized spacial score (nSPS) is 12.1. The number of sulfonamides is 1. The van der Waals surface area contributed by atoms with Gasteiger partial charge in [-0.3, -0.25) is 13.9 Å². The first-order valence-electron chi connectivity index (χ1n) is 14.6. The highest BCUT2D eigenvalue weighted by Gasteiger charge is 2.34. The summed E-state index contributed by atoms with van der Waals surface area (Å²) in [4.78, 5) is 29.3. The molecule has 1 N–H and O–H groups in total. The Balaban J connectivity index is 1.80. The van der Waals surface area contributed by atoms with Crippen LogP contribution in [0.15, 0.2) is 102 Å². The highest BCUT2D eigenvalue weighted by Crippen LogP contribution is 2.28. The van der Waals surface area contributed by atoms with Crippen molar-refractivity contribution in [3.8, 4) is 0 Å². The molecule has 4 aromatic carbocycles. The van der Waals surface area contributed by atoms with Crippen molar-refractivity contribution in [2.75, 3.05) is 17.9 Å². The fourth-order valence-electron chi connectivity index (χ4n) is 4.95. The van der Waals surface area contributed by atoms with Gasteiger partial charge in [-0.05, 0) is 65.9 Å². The lowest BCUT2D eigenvalue weighted by Crippen LogP contribution is -2.53. The Morgan fingerprint density at radius 1 is 0.822 bits per heavy atom. The molecule has 0 fully saturated rings. The van der Waals surface area contributed by atoms with Gasteiger partial charge < -0.3 is 10.2 Å². The average Bonchev–Trinajstić information content (AvgIpc) is 3.03. The van der Waals surface area contributed by atoms with Crippen LogP contribution in [0.5, 0.6) is 0 Å². The number of rotatable bonds is 12. The first kappa shape index (κ1) is 34.0. The van der Waals surface area contributed by atoms with Crippen molar-refractivity contribution in [2.45, 2.75) is 50.6 Å². The molecule has 1 atom stereocenters. The van der Waals surface area contributed by atoms with E-state index in [1.165, 1.54) is 24.1 Å². The van der Waals surface area contributed by atoms with Gasteiger partial charge in [0.15, 0.2) is 0 Å². The molecule has 0 bridgehead atoms. The van der Waals surface area contributed by atoms with E-state index in [0.717, 1.165) is 21.0 Å². The Morgan fingerprint density at radius 2 is 1.47 bits per heavy atom. The van der Waals surface area contributed by atoms with Gasteiger partial charge in [0, 0.05) is 20.0 Å². The van der Waals surface area contributed by atoms with Gasteiger partial charge in [0.2, 0.25) is 11.8 Å². The van der Waals surface area contributed by atoms with Crippen molar-refractivity contribution in [2.24, 2.45) is 0 Å². The van der Waals surface area contributed by atoms with E-state index >= 15 is 0 Å². The molecule has 0 spiro atoms. The molecule has 236 valence electrons. The van der Waals surface area contributed by atoms with E-state index in [9.17, 15) is 18.0 Å². The zero-order valence-corrected chi connectivity index (χ0v) is 28.0. The molecule has 7 nitrogen and oxygen atoms in total. The summed E-state index contributed by atoms with van der Waals surface area (Å²) in [6.07, 6.45) is 0.210. The van der Waals surface area contributed by atoms with Crippen LogP contribution in [-0.2, 0) is 32.6 Å². The minimum Gasteiger partial charge on any atom is -0.357 e. The maximum Gasteiger partial charge on any atom is 0.264 e. The topological polar surface area (TPSA) is 86.8 Å². The molecule has 0 heterocycles. The number of benzene rings is 4. The number of carbonyl (C=O) groups excluding carboxylic acids is 2. The van der Waals surface area contributed by atoms with Crippen LogP contribution in [0.3, 0.4) is 0 Å². The van der Waals surface area contributed by atoms with E-state index in [-0.39, 0.29) is 29.7 Å². The molecule has 4 aromatic rings. The molecule has 0 aliphatic rings. The maximum atomic E-state index is 14.4. The number of amides is 2. The Kier molecular flexibility index (Phi) is 11.3. The SMILES string of the molecule is CNC(=O)[C@@H](Cc1ccccc1)N(Cc1ccc(Cl)c(Cl)c1)C(=O)CN(c1ccc(C(C)C)cc1)S(=O)(=O)c1ccc(C)cc1. The van der Waals surface area contributed by atoms with Gasteiger partial charge >= 0.3 is 0 Å². The highest BCUT2D eigenvalue weighted by atomic mass is 35.5. The van der Waals surface area contributed by atoms with E-state index in [1.807, 2.05) is 63.2 Å². The number of aryl methyl sites for hydroxylation is 1. The molecule has 2 amide bonds. The van der Waals surface area contributed by atoms with Crippen LogP contribution in [0.4, 0.5) is 5.69 Å². The summed E-state index contributed by atoms with van der Waals surface area (Å²) < 4.78 is 29.4. The average molecular weight is 667 g/mol. The number of nitrogens with one attached hydrogen (secondary N) is 1. The summed E-state index contributed by atoms with van der Waals surface area (Å²) in [5, 5.41) is 3.33. The summed E-state index contributed by atoms with van der Waals surface area (Å²) in [6, 6.07) is 27.0. The van der Waals surface area contributed by atoms with Crippen LogP contribution in [0.25, 0.3) is 0 Å². The summed E-state index contributed by atoms with van der Waals surface area (Å²) in [5.41, 5.74) is 3.74. The summed E-state index contributed by atoms with van der Waals surface area (Å²) in [6.45, 7) is 5.42. The van der Waals surface area contributed by atoms with Crippen molar-refractivity contribution in [1.82, 2.24) is 10.2 Å². The minimum absolute atomic E-state index is 0.00858. The number of likely N-dealkylation sites (N-methyl/N-ethyl adjacent to an activating group) is 1. The third-order valence-corrected chi connectivity index (χ3v) is 10.1. The lowest BCUT2D eigenvalue weighted by molar-refractivity contribution is -0.139. The molecule has 0 aromatic heterocycles. The van der Waals surface area contributed by atoms with Gasteiger partial charge in [0.1, 0.15) is 12.6 Å². The molecular formula is C35H37Cl2N3O4S. The zero-order chi connectivity index (χ0) is 32.7.